The molecule has 0 bridgehead atoms. The van der Waals surface area contributed by atoms with Gasteiger partial charge in [-0.3, -0.25) is 4.90 Å². The first-order valence-corrected chi connectivity index (χ1v) is 8.72. The van der Waals surface area contributed by atoms with Crippen molar-refractivity contribution in [3.63, 3.8) is 0 Å². The Morgan fingerprint density at radius 2 is 2.19 bits per heavy atom. The monoisotopic (exact) mass is 375 g/mol. The van der Waals surface area contributed by atoms with Gasteiger partial charge in [0.05, 0.1) is 9.22 Å². The molecule has 0 saturated carbocycles. The van der Waals surface area contributed by atoms with Gasteiger partial charge < -0.3 is 10.9 Å². The van der Waals surface area contributed by atoms with Crippen LogP contribution >= 0.6 is 27.7 Å². The van der Waals surface area contributed by atoms with Crippen LogP contribution in [-0.4, -0.2) is 40.0 Å². The maximum Gasteiger partial charge on any atom is 0.155 e. The van der Waals surface area contributed by atoms with E-state index in [0.29, 0.717) is 16.9 Å². The fraction of sp³-hybridized carbons (Fsp3) is 0.500. The lowest BCUT2D eigenvalue weighted by atomic mass is 9.94. The molecule has 3 N–H and O–H groups in total. The van der Waals surface area contributed by atoms with Crippen LogP contribution in [-0.2, 0) is 6.54 Å². The number of nitrogens with two attached hydrogens (primary N) is 1. The summed E-state index contributed by atoms with van der Waals surface area (Å²) in [6.07, 6.45) is 3.62. The molecule has 1 fully saturated rings. The highest BCUT2D eigenvalue weighted by molar-refractivity contribution is 9.10. The predicted octanol–water partition coefficient (Wildman–Crippen LogP) is 3.03. The van der Waals surface area contributed by atoms with Gasteiger partial charge >= 0.3 is 0 Å². The molecule has 1 aromatic rings. The Balaban J connectivity index is 2.03. The fourth-order valence-corrected chi connectivity index (χ4v) is 3.87. The van der Waals surface area contributed by atoms with Crippen molar-refractivity contribution in [3.05, 3.63) is 34.1 Å². The van der Waals surface area contributed by atoms with E-state index >= 15 is 0 Å². The summed E-state index contributed by atoms with van der Waals surface area (Å²) in [6, 6.07) is 5.09. The van der Waals surface area contributed by atoms with Crippen LogP contribution in [0.3, 0.4) is 0 Å². The Labute approximate surface area is 136 Å². The van der Waals surface area contributed by atoms with Crippen molar-refractivity contribution in [3.8, 4) is 0 Å². The number of benzene rings is 1. The minimum absolute atomic E-state index is 0.236. The molecule has 1 aromatic carbocycles. The van der Waals surface area contributed by atoms with Crippen LogP contribution < -0.4 is 5.73 Å². The molecule has 1 aliphatic heterocycles. The molecule has 0 amide bonds. The quantitative estimate of drug-likeness (QED) is 0.367. The van der Waals surface area contributed by atoms with Crippen LogP contribution in [0.25, 0.3) is 0 Å². The van der Waals surface area contributed by atoms with Crippen LogP contribution in [0.1, 0.15) is 18.4 Å². The molecule has 0 unspecified atom stereocenters. The van der Waals surface area contributed by atoms with Gasteiger partial charge in [0.1, 0.15) is 5.82 Å². The van der Waals surface area contributed by atoms with Crippen LogP contribution in [0.2, 0.25) is 0 Å². The van der Waals surface area contributed by atoms with Crippen molar-refractivity contribution < 1.29 is 9.60 Å². The van der Waals surface area contributed by atoms with Gasteiger partial charge in [0.15, 0.2) is 5.84 Å². The number of piperidine rings is 1. The number of halogens is 2. The largest absolute Gasteiger partial charge is 0.409 e. The molecule has 2 rings (SSSR count). The van der Waals surface area contributed by atoms with Crippen LogP contribution in [0, 0.1) is 5.82 Å². The Bertz CT molecular complexity index is 533. The smallest absolute Gasteiger partial charge is 0.155 e. The molecule has 1 heterocycles. The molecular formula is C14H19BrFN3OS. The Kier molecular flexibility index (Phi) is 5.51. The summed E-state index contributed by atoms with van der Waals surface area (Å²) in [5.41, 5.74) is 6.78. The second kappa shape index (κ2) is 6.98. The zero-order valence-corrected chi connectivity index (χ0v) is 14.3. The van der Waals surface area contributed by atoms with Gasteiger partial charge in [0, 0.05) is 19.6 Å². The van der Waals surface area contributed by atoms with Crippen molar-refractivity contribution in [2.75, 3.05) is 19.3 Å². The van der Waals surface area contributed by atoms with E-state index in [0.717, 1.165) is 31.5 Å². The van der Waals surface area contributed by atoms with Gasteiger partial charge in [-0.05, 0) is 46.7 Å². The second-order valence-corrected chi connectivity index (χ2v) is 7.16. The van der Waals surface area contributed by atoms with E-state index in [-0.39, 0.29) is 10.6 Å². The summed E-state index contributed by atoms with van der Waals surface area (Å²) in [5.74, 6) is 0.0567. The van der Waals surface area contributed by atoms with E-state index in [1.807, 2.05) is 12.3 Å². The van der Waals surface area contributed by atoms with Crippen LogP contribution in [0.4, 0.5) is 4.39 Å². The van der Waals surface area contributed by atoms with Gasteiger partial charge in [-0.1, -0.05) is 17.3 Å². The molecule has 0 aromatic heterocycles. The molecule has 1 aliphatic rings. The zero-order valence-electron chi connectivity index (χ0n) is 11.9. The fourth-order valence-electron chi connectivity index (χ4n) is 2.64. The minimum atomic E-state index is -0.287. The highest BCUT2D eigenvalue weighted by atomic mass is 79.9. The summed E-state index contributed by atoms with van der Waals surface area (Å²) in [6.45, 7) is 2.36. The maximum absolute atomic E-state index is 13.5. The van der Waals surface area contributed by atoms with Crippen molar-refractivity contribution >= 4 is 33.5 Å². The summed E-state index contributed by atoms with van der Waals surface area (Å²) < 4.78 is 13.8. The van der Waals surface area contributed by atoms with E-state index < -0.39 is 0 Å². The van der Waals surface area contributed by atoms with Crippen molar-refractivity contribution in [1.29, 1.82) is 0 Å². The number of likely N-dealkylation sites (tertiary alicyclic amines) is 1. The number of nitrogens with zero attached hydrogens (tertiary/aromatic N) is 2. The molecule has 0 atom stereocenters. The summed E-state index contributed by atoms with van der Waals surface area (Å²) in [7, 11) is 0. The number of hydrogen-bond acceptors (Lipinski definition) is 4. The minimum Gasteiger partial charge on any atom is -0.409 e. The van der Waals surface area contributed by atoms with Gasteiger partial charge in [0.2, 0.25) is 0 Å². The van der Waals surface area contributed by atoms with Gasteiger partial charge in [-0.25, -0.2) is 4.39 Å². The molecule has 116 valence electrons. The summed E-state index contributed by atoms with van der Waals surface area (Å²) in [5, 5.41) is 12.1. The van der Waals surface area contributed by atoms with Crippen molar-refractivity contribution in [2.24, 2.45) is 10.9 Å². The lowest BCUT2D eigenvalue weighted by Crippen LogP contribution is -2.49. The lowest BCUT2D eigenvalue weighted by molar-refractivity contribution is 0.209. The topological polar surface area (TPSA) is 61.9 Å². The SMILES string of the molecule is CSC1(/C(N)=N/O)CCN(Cc2cccc(F)c2Br)CC1. The van der Waals surface area contributed by atoms with E-state index in [9.17, 15) is 4.39 Å². The first-order valence-electron chi connectivity index (χ1n) is 6.71. The standard InChI is InChI=1S/C14H19BrFN3OS/c1-21-14(13(17)18-20)5-7-19(8-6-14)9-10-3-2-4-11(16)12(10)15/h2-4,20H,5-9H2,1H3,(H2,17,18). The van der Waals surface area contributed by atoms with Crippen molar-refractivity contribution in [2.45, 2.75) is 24.1 Å². The number of thioether (sulfide) groups is 1. The van der Waals surface area contributed by atoms with Crippen molar-refractivity contribution in [1.82, 2.24) is 4.90 Å². The molecule has 0 radical (unpaired) electrons. The highest BCUT2D eigenvalue weighted by Gasteiger charge is 2.38. The zero-order chi connectivity index (χ0) is 15.5. The average Bonchev–Trinajstić information content (AvgIpc) is 2.52. The third-order valence-electron chi connectivity index (χ3n) is 4.05. The Morgan fingerprint density at radius 1 is 1.52 bits per heavy atom. The molecule has 0 spiro atoms. The van der Waals surface area contributed by atoms with Crippen LogP contribution in [0.5, 0.6) is 0 Å². The highest BCUT2D eigenvalue weighted by Crippen LogP contribution is 2.35. The predicted molar refractivity (Wildman–Crippen MR) is 88.3 cm³/mol. The molecule has 0 aliphatic carbocycles. The van der Waals surface area contributed by atoms with Gasteiger partial charge in [-0.15, -0.1) is 0 Å². The van der Waals surface area contributed by atoms with E-state index in [4.69, 9.17) is 10.9 Å². The second-order valence-electron chi connectivity index (χ2n) is 5.17. The normalized spacial score (nSPS) is 19.7. The Hall–Kier alpha value is -0.790. The van der Waals surface area contributed by atoms with E-state index in [2.05, 4.69) is 26.0 Å². The van der Waals surface area contributed by atoms with E-state index in [1.165, 1.54) is 6.07 Å². The number of rotatable bonds is 4. The number of amidine groups is 1. The Morgan fingerprint density at radius 3 is 2.76 bits per heavy atom. The summed E-state index contributed by atoms with van der Waals surface area (Å²) in [4.78, 5) is 2.26. The van der Waals surface area contributed by atoms with Gasteiger partial charge in [0.25, 0.3) is 0 Å². The maximum atomic E-state index is 13.5. The van der Waals surface area contributed by atoms with Crippen LogP contribution in [0.15, 0.2) is 27.8 Å². The molecule has 7 heteroatoms. The van der Waals surface area contributed by atoms with E-state index in [1.54, 1.807) is 17.8 Å². The average molecular weight is 376 g/mol. The number of oxime groups is 1. The van der Waals surface area contributed by atoms with Gasteiger partial charge in [-0.2, -0.15) is 11.8 Å². The summed E-state index contributed by atoms with van der Waals surface area (Å²) >= 11 is 4.93. The molecular weight excluding hydrogens is 357 g/mol. The first-order chi connectivity index (χ1) is 10.0. The molecule has 4 nitrogen and oxygen atoms in total. The number of hydrogen-bond donors (Lipinski definition) is 2. The third-order valence-corrected chi connectivity index (χ3v) is 6.34. The lowest BCUT2D eigenvalue weighted by Gasteiger charge is -2.39. The molecule has 21 heavy (non-hydrogen) atoms. The third kappa shape index (κ3) is 3.52. The molecule has 1 saturated heterocycles. The first kappa shape index (κ1) is 16.6.